The molecule has 0 aromatic carbocycles. The van der Waals surface area contributed by atoms with E-state index >= 15 is 0 Å². The molecule has 1 N–H and O–H groups in total. The van der Waals surface area contributed by atoms with Crippen molar-refractivity contribution in [2.75, 3.05) is 13.1 Å². The van der Waals surface area contributed by atoms with Crippen LogP contribution in [0.5, 0.6) is 0 Å². The molecule has 1 aromatic heterocycles. The van der Waals surface area contributed by atoms with Crippen molar-refractivity contribution in [2.24, 2.45) is 5.92 Å². The zero-order valence-electron chi connectivity index (χ0n) is 8.42. The molecule has 0 saturated carbocycles. The van der Waals surface area contributed by atoms with Gasteiger partial charge in [-0.3, -0.25) is 0 Å². The van der Waals surface area contributed by atoms with E-state index in [0.29, 0.717) is 0 Å². The van der Waals surface area contributed by atoms with E-state index in [1.165, 1.54) is 4.88 Å². The number of hydrogen-bond donors (Lipinski definition) is 1. The average molecular weight is 213 g/mol. The van der Waals surface area contributed by atoms with Gasteiger partial charge in [0.05, 0.1) is 0 Å². The molecule has 14 heavy (non-hydrogen) atoms. The predicted molar refractivity (Wildman–Crippen MR) is 58.5 cm³/mol. The molecule has 2 unspecified atom stereocenters. The first kappa shape index (κ1) is 10.1. The smallest absolute Gasteiger partial charge is 0.130 e. The number of piperidine rings is 1. The van der Waals surface area contributed by atoms with Gasteiger partial charge in [0.25, 0.3) is 0 Å². The highest BCUT2D eigenvalue weighted by molar-refractivity contribution is 7.10. The van der Waals surface area contributed by atoms with Crippen LogP contribution in [-0.4, -0.2) is 13.1 Å². The molecule has 1 fully saturated rings. The van der Waals surface area contributed by atoms with Gasteiger partial charge in [-0.25, -0.2) is 4.39 Å². The Morgan fingerprint density at radius 3 is 3.07 bits per heavy atom. The number of rotatable bonds is 2. The lowest BCUT2D eigenvalue weighted by molar-refractivity contribution is 0.195. The first-order valence-corrected chi connectivity index (χ1v) is 6.05. The fourth-order valence-electron chi connectivity index (χ4n) is 2.01. The van der Waals surface area contributed by atoms with E-state index in [9.17, 15) is 4.39 Å². The fourth-order valence-corrected chi connectivity index (χ4v) is 2.73. The monoisotopic (exact) mass is 213 g/mol. The third-order valence-corrected chi connectivity index (χ3v) is 3.70. The van der Waals surface area contributed by atoms with Crippen LogP contribution in [0.15, 0.2) is 11.4 Å². The SMILES string of the molecule is Cc1cc(C(F)C2CCCNC2)cs1. The molecule has 78 valence electrons. The van der Waals surface area contributed by atoms with Gasteiger partial charge >= 0.3 is 0 Å². The molecule has 2 atom stereocenters. The van der Waals surface area contributed by atoms with Crippen LogP contribution in [0.2, 0.25) is 0 Å². The summed E-state index contributed by atoms with van der Waals surface area (Å²) in [4.78, 5) is 1.20. The van der Waals surface area contributed by atoms with Gasteiger partial charge in [-0.15, -0.1) is 11.3 Å². The summed E-state index contributed by atoms with van der Waals surface area (Å²) in [5, 5.41) is 5.21. The van der Waals surface area contributed by atoms with Gasteiger partial charge in [0, 0.05) is 17.3 Å². The molecule has 2 rings (SSSR count). The summed E-state index contributed by atoms with van der Waals surface area (Å²) >= 11 is 1.64. The minimum atomic E-state index is -0.771. The van der Waals surface area contributed by atoms with Crippen LogP contribution in [0, 0.1) is 12.8 Å². The maximum atomic E-state index is 14.0. The van der Waals surface area contributed by atoms with Gasteiger partial charge in [-0.1, -0.05) is 0 Å². The van der Waals surface area contributed by atoms with Crippen LogP contribution in [0.3, 0.4) is 0 Å². The standard InChI is InChI=1S/C11H16FNS/c1-8-5-10(7-14-8)11(12)9-3-2-4-13-6-9/h5,7,9,11,13H,2-4,6H2,1H3. The normalized spacial score (nSPS) is 24.9. The van der Waals surface area contributed by atoms with Gasteiger partial charge in [-0.2, -0.15) is 0 Å². The lowest BCUT2D eigenvalue weighted by Crippen LogP contribution is -2.32. The second kappa shape index (κ2) is 4.41. The molecule has 0 aliphatic carbocycles. The minimum absolute atomic E-state index is 0.178. The Bertz CT molecular complexity index is 291. The van der Waals surface area contributed by atoms with Crippen LogP contribution in [0.25, 0.3) is 0 Å². The molecule has 0 spiro atoms. The van der Waals surface area contributed by atoms with Crippen LogP contribution >= 0.6 is 11.3 Å². The Labute approximate surface area is 88.3 Å². The first-order chi connectivity index (χ1) is 6.77. The zero-order chi connectivity index (χ0) is 9.97. The lowest BCUT2D eigenvalue weighted by atomic mass is 9.91. The molecule has 1 aliphatic rings. The van der Waals surface area contributed by atoms with Crippen LogP contribution in [0.1, 0.15) is 29.5 Å². The molecule has 1 saturated heterocycles. The van der Waals surface area contributed by atoms with E-state index in [1.54, 1.807) is 11.3 Å². The Morgan fingerprint density at radius 2 is 2.50 bits per heavy atom. The highest BCUT2D eigenvalue weighted by Gasteiger charge is 2.24. The van der Waals surface area contributed by atoms with Crippen molar-refractivity contribution in [3.63, 3.8) is 0 Å². The zero-order valence-corrected chi connectivity index (χ0v) is 9.24. The second-order valence-electron chi connectivity index (χ2n) is 4.00. The van der Waals surface area contributed by atoms with Crippen LogP contribution < -0.4 is 5.32 Å². The Balaban J connectivity index is 2.03. The van der Waals surface area contributed by atoms with Crippen molar-refractivity contribution in [2.45, 2.75) is 25.9 Å². The summed E-state index contributed by atoms with van der Waals surface area (Å²) in [7, 11) is 0. The summed E-state index contributed by atoms with van der Waals surface area (Å²) in [6.45, 7) is 3.90. The van der Waals surface area contributed by atoms with Crippen molar-refractivity contribution < 1.29 is 4.39 Å². The molecule has 0 bridgehead atoms. The van der Waals surface area contributed by atoms with Crippen molar-refractivity contribution in [3.8, 4) is 0 Å². The molecular weight excluding hydrogens is 197 g/mol. The molecule has 0 amide bonds. The molecule has 0 radical (unpaired) electrons. The van der Waals surface area contributed by atoms with Crippen molar-refractivity contribution in [3.05, 3.63) is 21.9 Å². The number of alkyl halides is 1. The average Bonchev–Trinajstić information content (AvgIpc) is 2.65. The molecule has 1 aliphatic heterocycles. The van der Waals surface area contributed by atoms with Crippen molar-refractivity contribution >= 4 is 11.3 Å². The summed E-state index contributed by atoms with van der Waals surface area (Å²) in [6.07, 6.45) is 1.35. The van der Waals surface area contributed by atoms with Gasteiger partial charge in [0.15, 0.2) is 0 Å². The topological polar surface area (TPSA) is 12.0 Å². The lowest BCUT2D eigenvalue weighted by Gasteiger charge is -2.25. The largest absolute Gasteiger partial charge is 0.316 e. The minimum Gasteiger partial charge on any atom is -0.316 e. The van der Waals surface area contributed by atoms with E-state index in [-0.39, 0.29) is 5.92 Å². The van der Waals surface area contributed by atoms with Gasteiger partial charge in [-0.05, 0) is 43.3 Å². The third kappa shape index (κ3) is 2.15. The summed E-state index contributed by atoms with van der Waals surface area (Å²) < 4.78 is 14.0. The maximum Gasteiger partial charge on any atom is 0.130 e. The van der Waals surface area contributed by atoms with Crippen LogP contribution in [0.4, 0.5) is 4.39 Å². The number of thiophene rings is 1. The predicted octanol–water partition coefficient (Wildman–Crippen LogP) is 3.07. The van der Waals surface area contributed by atoms with E-state index in [0.717, 1.165) is 31.5 Å². The van der Waals surface area contributed by atoms with Gasteiger partial charge in [0.2, 0.25) is 0 Å². The third-order valence-electron chi connectivity index (χ3n) is 2.82. The first-order valence-electron chi connectivity index (χ1n) is 5.17. The fraction of sp³-hybridized carbons (Fsp3) is 0.636. The summed E-state index contributed by atoms with van der Waals surface area (Å²) in [5.41, 5.74) is 0.876. The van der Waals surface area contributed by atoms with Gasteiger partial charge in [0.1, 0.15) is 6.17 Å². The molecule has 1 aromatic rings. The Hall–Kier alpha value is -0.410. The van der Waals surface area contributed by atoms with E-state index in [1.807, 2.05) is 18.4 Å². The highest BCUT2D eigenvalue weighted by Crippen LogP contribution is 2.32. The van der Waals surface area contributed by atoms with Gasteiger partial charge < -0.3 is 5.32 Å². The maximum absolute atomic E-state index is 14.0. The number of hydrogen-bond acceptors (Lipinski definition) is 2. The summed E-state index contributed by atoms with van der Waals surface area (Å²) in [5.74, 6) is 0.178. The quantitative estimate of drug-likeness (QED) is 0.796. The number of halogens is 1. The second-order valence-corrected chi connectivity index (χ2v) is 5.11. The summed E-state index contributed by atoms with van der Waals surface area (Å²) in [6, 6.07) is 1.98. The highest BCUT2D eigenvalue weighted by atomic mass is 32.1. The van der Waals surface area contributed by atoms with Crippen molar-refractivity contribution in [1.29, 1.82) is 0 Å². The molecule has 3 heteroatoms. The molecule has 1 nitrogen and oxygen atoms in total. The number of aryl methyl sites for hydroxylation is 1. The Kier molecular flexibility index (Phi) is 3.19. The van der Waals surface area contributed by atoms with E-state index in [2.05, 4.69) is 5.32 Å². The van der Waals surface area contributed by atoms with E-state index < -0.39 is 6.17 Å². The van der Waals surface area contributed by atoms with Crippen molar-refractivity contribution in [1.82, 2.24) is 5.32 Å². The van der Waals surface area contributed by atoms with E-state index in [4.69, 9.17) is 0 Å². The number of nitrogens with one attached hydrogen (secondary N) is 1. The Morgan fingerprint density at radius 1 is 1.64 bits per heavy atom. The van der Waals surface area contributed by atoms with Crippen LogP contribution in [-0.2, 0) is 0 Å². The molecule has 2 heterocycles. The molecular formula is C11H16FNS.